The molecule has 24 heavy (non-hydrogen) atoms. The van der Waals surface area contributed by atoms with Gasteiger partial charge in [0.2, 0.25) is 0 Å². The van der Waals surface area contributed by atoms with Crippen molar-refractivity contribution < 1.29 is 0 Å². The van der Waals surface area contributed by atoms with Gasteiger partial charge in [0, 0.05) is 21.9 Å². The van der Waals surface area contributed by atoms with Crippen LogP contribution in [0.5, 0.6) is 0 Å². The SMILES string of the molecule is O=c1nc(SCc2ccccc2)c2c(n1Cc1cccs1)CCC2. The van der Waals surface area contributed by atoms with E-state index in [-0.39, 0.29) is 5.69 Å². The van der Waals surface area contributed by atoms with E-state index in [0.29, 0.717) is 6.54 Å². The first-order chi connectivity index (χ1) is 11.8. The summed E-state index contributed by atoms with van der Waals surface area (Å²) in [7, 11) is 0. The molecule has 0 radical (unpaired) electrons. The smallest absolute Gasteiger partial charge is 0.291 e. The van der Waals surface area contributed by atoms with E-state index in [1.165, 1.54) is 21.7 Å². The molecule has 2 aromatic heterocycles. The van der Waals surface area contributed by atoms with Gasteiger partial charge in [-0.2, -0.15) is 4.98 Å². The number of thioether (sulfide) groups is 1. The van der Waals surface area contributed by atoms with Crippen molar-refractivity contribution in [2.75, 3.05) is 0 Å². The van der Waals surface area contributed by atoms with Crippen LogP contribution in [0.4, 0.5) is 0 Å². The van der Waals surface area contributed by atoms with Crippen LogP contribution in [0.3, 0.4) is 0 Å². The largest absolute Gasteiger partial charge is 0.349 e. The quantitative estimate of drug-likeness (QED) is 0.510. The zero-order valence-electron chi connectivity index (χ0n) is 13.3. The van der Waals surface area contributed by atoms with E-state index in [4.69, 9.17) is 0 Å². The maximum Gasteiger partial charge on any atom is 0.349 e. The summed E-state index contributed by atoms with van der Waals surface area (Å²) >= 11 is 3.38. The molecule has 5 heteroatoms. The molecule has 0 unspecified atom stereocenters. The fourth-order valence-electron chi connectivity index (χ4n) is 3.15. The topological polar surface area (TPSA) is 34.9 Å². The molecular weight excluding hydrogens is 336 g/mol. The third-order valence-electron chi connectivity index (χ3n) is 4.31. The molecule has 1 aromatic carbocycles. The lowest BCUT2D eigenvalue weighted by Crippen LogP contribution is -2.27. The second-order valence-corrected chi connectivity index (χ2v) is 7.91. The molecule has 0 saturated heterocycles. The molecule has 0 amide bonds. The van der Waals surface area contributed by atoms with Crippen LogP contribution in [0.2, 0.25) is 0 Å². The van der Waals surface area contributed by atoms with Gasteiger partial charge in [-0.1, -0.05) is 36.4 Å². The van der Waals surface area contributed by atoms with Gasteiger partial charge >= 0.3 is 5.69 Å². The number of hydrogen-bond acceptors (Lipinski definition) is 4. The van der Waals surface area contributed by atoms with Crippen molar-refractivity contribution in [2.45, 2.75) is 36.6 Å². The molecule has 0 bridgehead atoms. The van der Waals surface area contributed by atoms with Crippen LogP contribution < -0.4 is 5.69 Å². The van der Waals surface area contributed by atoms with Gasteiger partial charge in [-0.15, -0.1) is 23.1 Å². The van der Waals surface area contributed by atoms with Crippen LogP contribution in [-0.4, -0.2) is 9.55 Å². The van der Waals surface area contributed by atoms with Gasteiger partial charge in [0.1, 0.15) is 5.03 Å². The van der Waals surface area contributed by atoms with Crippen molar-refractivity contribution in [3.05, 3.63) is 80.0 Å². The zero-order valence-corrected chi connectivity index (χ0v) is 14.9. The molecule has 1 aliphatic carbocycles. The Labute approximate surface area is 149 Å². The molecule has 0 aliphatic heterocycles. The van der Waals surface area contributed by atoms with Gasteiger partial charge in [-0.25, -0.2) is 4.79 Å². The summed E-state index contributed by atoms with van der Waals surface area (Å²) in [4.78, 5) is 18.2. The van der Waals surface area contributed by atoms with Crippen LogP contribution in [0.15, 0.2) is 57.7 Å². The highest BCUT2D eigenvalue weighted by Gasteiger charge is 2.22. The number of rotatable bonds is 5. The summed E-state index contributed by atoms with van der Waals surface area (Å²) in [6.45, 7) is 0.648. The first-order valence-corrected chi connectivity index (χ1v) is 9.99. The first kappa shape index (κ1) is 15.7. The molecule has 3 aromatic rings. The summed E-state index contributed by atoms with van der Waals surface area (Å²) < 4.78 is 1.88. The van der Waals surface area contributed by atoms with E-state index in [0.717, 1.165) is 30.0 Å². The van der Waals surface area contributed by atoms with E-state index in [9.17, 15) is 4.79 Å². The molecule has 122 valence electrons. The predicted octanol–water partition coefficient (Wildman–Crippen LogP) is 4.13. The average molecular weight is 355 g/mol. The number of benzene rings is 1. The Kier molecular flexibility index (Phi) is 4.54. The number of hydrogen-bond donors (Lipinski definition) is 0. The molecule has 0 spiro atoms. The summed E-state index contributed by atoms with van der Waals surface area (Å²) in [6.07, 6.45) is 3.13. The summed E-state index contributed by atoms with van der Waals surface area (Å²) in [5.41, 5.74) is 3.63. The van der Waals surface area contributed by atoms with E-state index >= 15 is 0 Å². The highest BCUT2D eigenvalue weighted by molar-refractivity contribution is 7.98. The first-order valence-electron chi connectivity index (χ1n) is 8.13. The van der Waals surface area contributed by atoms with E-state index < -0.39 is 0 Å². The second kappa shape index (κ2) is 6.95. The molecule has 0 fully saturated rings. The van der Waals surface area contributed by atoms with Crippen molar-refractivity contribution in [2.24, 2.45) is 0 Å². The summed E-state index contributed by atoms with van der Waals surface area (Å²) in [6, 6.07) is 14.5. The fraction of sp³-hybridized carbons (Fsp3) is 0.263. The number of aromatic nitrogens is 2. The van der Waals surface area contributed by atoms with Gasteiger partial charge in [0.15, 0.2) is 0 Å². The maximum atomic E-state index is 12.6. The Bertz CT molecular complexity index is 886. The lowest BCUT2D eigenvalue weighted by molar-refractivity contribution is 0.673. The van der Waals surface area contributed by atoms with Gasteiger partial charge in [-0.3, -0.25) is 4.57 Å². The Morgan fingerprint density at radius 1 is 1.12 bits per heavy atom. The van der Waals surface area contributed by atoms with E-state index in [2.05, 4.69) is 28.6 Å². The molecule has 3 nitrogen and oxygen atoms in total. The van der Waals surface area contributed by atoms with Crippen molar-refractivity contribution in [3.63, 3.8) is 0 Å². The summed E-state index contributed by atoms with van der Waals surface area (Å²) in [5, 5.41) is 2.98. The third-order valence-corrected chi connectivity index (χ3v) is 6.26. The van der Waals surface area contributed by atoms with Crippen molar-refractivity contribution in [1.82, 2.24) is 9.55 Å². The average Bonchev–Trinajstić information content (AvgIpc) is 3.28. The number of fused-ring (bicyclic) bond motifs is 1. The Hall–Kier alpha value is -1.85. The van der Waals surface area contributed by atoms with Crippen molar-refractivity contribution in [3.8, 4) is 0 Å². The van der Waals surface area contributed by atoms with Crippen LogP contribution in [-0.2, 0) is 25.1 Å². The molecule has 1 aliphatic rings. The van der Waals surface area contributed by atoms with Crippen LogP contribution in [0.25, 0.3) is 0 Å². The zero-order chi connectivity index (χ0) is 16.4. The van der Waals surface area contributed by atoms with E-state index in [1.807, 2.05) is 28.8 Å². The lowest BCUT2D eigenvalue weighted by Gasteiger charge is -2.13. The van der Waals surface area contributed by atoms with Gasteiger partial charge in [0.05, 0.1) is 6.54 Å². The molecule has 0 N–H and O–H groups in total. The predicted molar refractivity (Wildman–Crippen MR) is 99.9 cm³/mol. The normalized spacial score (nSPS) is 13.2. The Morgan fingerprint density at radius 3 is 2.79 bits per heavy atom. The minimum Gasteiger partial charge on any atom is -0.291 e. The fourth-order valence-corrected chi connectivity index (χ4v) is 4.88. The van der Waals surface area contributed by atoms with Gasteiger partial charge < -0.3 is 0 Å². The molecule has 0 saturated carbocycles. The van der Waals surface area contributed by atoms with Gasteiger partial charge in [-0.05, 0) is 36.3 Å². The number of thiophene rings is 1. The third kappa shape index (κ3) is 3.19. The minimum atomic E-state index is -0.111. The lowest BCUT2D eigenvalue weighted by atomic mass is 10.2. The number of nitrogens with zero attached hydrogens (tertiary/aromatic N) is 2. The summed E-state index contributed by atoms with van der Waals surface area (Å²) in [5.74, 6) is 0.856. The maximum absolute atomic E-state index is 12.6. The van der Waals surface area contributed by atoms with Crippen LogP contribution in [0, 0.1) is 0 Å². The van der Waals surface area contributed by atoms with Crippen molar-refractivity contribution >= 4 is 23.1 Å². The Balaban J connectivity index is 1.63. The highest BCUT2D eigenvalue weighted by Crippen LogP contribution is 2.31. The molecular formula is C19H18N2OS2. The highest BCUT2D eigenvalue weighted by atomic mass is 32.2. The molecule has 4 rings (SSSR count). The van der Waals surface area contributed by atoms with Crippen molar-refractivity contribution in [1.29, 1.82) is 0 Å². The van der Waals surface area contributed by atoms with Gasteiger partial charge in [0.25, 0.3) is 0 Å². The molecule has 0 atom stereocenters. The standard InChI is InChI=1S/C19H18N2OS2/c22-19-20-18(24-13-14-6-2-1-3-7-14)16-9-4-10-17(16)21(19)12-15-8-5-11-23-15/h1-3,5-8,11H,4,9-10,12-13H2. The monoisotopic (exact) mass is 354 g/mol. The second-order valence-electron chi connectivity index (χ2n) is 5.92. The van der Waals surface area contributed by atoms with Crippen LogP contribution in [0.1, 0.15) is 28.1 Å². The van der Waals surface area contributed by atoms with E-state index in [1.54, 1.807) is 23.1 Å². The Morgan fingerprint density at radius 2 is 2.00 bits per heavy atom. The van der Waals surface area contributed by atoms with Crippen LogP contribution >= 0.6 is 23.1 Å². The minimum absolute atomic E-state index is 0.111. The molecule has 2 heterocycles.